The van der Waals surface area contributed by atoms with Crippen LogP contribution in [0, 0.1) is 0 Å². The number of carbonyl (C=O) groups is 2. The highest BCUT2D eigenvalue weighted by atomic mass is 16.4. The van der Waals surface area contributed by atoms with E-state index < -0.39 is 6.09 Å². The van der Waals surface area contributed by atoms with E-state index in [-0.39, 0.29) is 17.1 Å². The van der Waals surface area contributed by atoms with Crippen LogP contribution in [-0.4, -0.2) is 38.5 Å². The van der Waals surface area contributed by atoms with Gasteiger partial charge in [-0.05, 0) is 39.5 Å². The lowest BCUT2D eigenvalue weighted by Gasteiger charge is -2.11. The molecule has 1 aromatic heterocycles. The summed E-state index contributed by atoms with van der Waals surface area (Å²) in [6.07, 6.45) is 12.3. The molecule has 0 spiro atoms. The molecule has 1 heterocycles. The van der Waals surface area contributed by atoms with Crippen LogP contribution in [0.3, 0.4) is 0 Å². The minimum absolute atomic E-state index is 0.0180. The number of carboxylic acid groups (broad SMARTS) is 1. The maximum atomic E-state index is 11.3. The van der Waals surface area contributed by atoms with Crippen molar-refractivity contribution >= 4 is 17.9 Å². The van der Waals surface area contributed by atoms with Gasteiger partial charge in [-0.15, -0.1) is 0 Å². The van der Waals surface area contributed by atoms with Crippen molar-refractivity contribution < 1.29 is 14.7 Å². The van der Waals surface area contributed by atoms with Crippen molar-refractivity contribution in [2.45, 2.75) is 82.7 Å². The second-order valence-electron chi connectivity index (χ2n) is 7.87. The van der Waals surface area contributed by atoms with Gasteiger partial charge in [-0.25, -0.2) is 9.59 Å². The molecular weight excluding hydrogens is 334 g/mol. The molecule has 3 amide bonds. The third kappa shape index (κ3) is 8.22. The van der Waals surface area contributed by atoms with Gasteiger partial charge in [-0.1, -0.05) is 32.1 Å². The standard InChI is InChI=1S/C8H12N4O.C5H9NO2.C5H10/c1-8(3-4-8)11-7(13)10-6-2-5-9-12-6;1-5(2-3-5)6-4(7)8;1-2-4-5-3-1/h2,5H,3-4H2,1H3,(H3,9,10,11,12,13);6H,2-3H2,1H3,(H,7,8);1-5H2. The Labute approximate surface area is 154 Å². The molecule has 1 aromatic rings. The fourth-order valence-electron chi connectivity index (χ4n) is 2.52. The minimum Gasteiger partial charge on any atom is -0.465 e. The van der Waals surface area contributed by atoms with E-state index in [0.29, 0.717) is 5.82 Å². The predicted molar refractivity (Wildman–Crippen MR) is 100 cm³/mol. The highest BCUT2D eigenvalue weighted by Gasteiger charge is 2.39. The van der Waals surface area contributed by atoms with E-state index in [1.165, 1.54) is 32.1 Å². The lowest BCUT2D eigenvalue weighted by molar-refractivity contribution is 0.189. The van der Waals surface area contributed by atoms with Gasteiger partial charge in [-0.2, -0.15) is 5.10 Å². The Kier molecular flexibility index (Phi) is 6.88. The molecule has 0 atom stereocenters. The second-order valence-corrected chi connectivity index (χ2v) is 7.87. The number of amides is 3. The maximum Gasteiger partial charge on any atom is 0.405 e. The highest BCUT2D eigenvalue weighted by molar-refractivity contribution is 5.88. The number of rotatable bonds is 3. The van der Waals surface area contributed by atoms with Crippen LogP contribution in [0.25, 0.3) is 0 Å². The van der Waals surface area contributed by atoms with E-state index in [4.69, 9.17) is 5.11 Å². The van der Waals surface area contributed by atoms with Crippen molar-refractivity contribution in [3.8, 4) is 0 Å². The number of nitrogens with zero attached hydrogens (tertiary/aromatic N) is 1. The molecule has 3 aliphatic rings. The van der Waals surface area contributed by atoms with Gasteiger partial charge in [-0.3, -0.25) is 10.4 Å². The van der Waals surface area contributed by atoms with E-state index in [1.54, 1.807) is 12.3 Å². The lowest BCUT2D eigenvalue weighted by Crippen LogP contribution is -2.37. The Balaban J connectivity index is 0.000000158. The normalized spacial score (nSPS) is 20.4. The summed E-state index contributed by atoms with van der Waals surface area (Å²) in [5.74, 6) is 0.613. The molecule has 0 bridgehead atoms. The van der Waals surface area contributed by atoms with Crippen LogP contribution in [0.1, 0.15) is 71.6 Å². The fourth-order valence-corrected chi connectivity index (χ4v) is 2.52. The average molecular weight is 365 g/mol. The highest BCUT2D eigenvalue weighted by Crippen LogP contribution is 2.34. The Morgan fingerprint density at radius 2 is 1.50 bits per heavy atom. The van der Waals surface area contributed by atoms with Crippen LogP contribution >= 0.6 is 0 Å². The Morgan fingerprint density at radius 1 is 1.00 bits per heavy atom. The zero-order valence-corrected chi connectivity index (χ0v) is 15.7. The Hall–Kier alpha value is -2.25. The first-order valence-corrected chi connectivity index (χ1v) is 9.40. The van der Waals surface area contributed by atoms with E-state index in [2.05, 4.69) is 26.1 Å². The lowest BCUT2D eigenvalue weighted by atomic mass is 10.3. The smallest absolute Gasteiger partial charge is 0.405 e. The summed E-state index contributed by atoms with van der Waals surface area (Å²) in [5.41, 5.74) is -0.0596. The van der Waals surface area contributed by atoms with Crippen molar-refractivity contribution in [2.24, 2.45) is 0 Å². The first-order chi connectivity index (χ1) is 12.3. The number of hydrogen-bond donors (Lipinski definition) is 5. The molecule has 0 radical (unpaired) electrons. The summed E-state index contributed by atoms with van der Waals surface area (Å²) in [7, 11) is 0. The average Bonchev–Trinajstić information content (AvgIpc) is 3.26. The molecule has 8 heteroatoms. The van der Waals surface area contributed by atoms with Crippen LogP contribution in [0.5, 0.6) is 0 Å². The first kappa shape index (κ1) is 20.1. The van der Waals surface area contributed by atoms with Gasteiger partial charge in [0.05, 0.1) is 6.20 Å². The predicted octanol–water partition coefficient (Wildman–Crippen LogP) is 3.84. The first-order valence-electron chi connectivity index (χ1n) is 9.40. The van der Waals surface area contributed by atoms with Gasteiger partial charge in [0.2, 0.25) is 0 Å². The van der Waals surface area contributed by atoms with E-state index in [0.717, 1.165) is 25.7 Å². The largest absolute Gasteiger partial charge is 0.465 e. The van der Waals surface area contributed by atoms with Crippen molar-refractivity contribution in [1.82, 2.24) is 20.8 Å². The summed E-state index contributed by atoms with van der Waals surface area (Å²) in [6.45, 7) is 3.93. The SMILES string of the molecule is C1CCCC1.CC1(NC(=O)Nc2ccn[nH]2)CC1.CC1(NC(=O)O)CC1. The van der Waals surface area contributed by atoms with Crippen molar-refractivity contribution in [3.05, 3.63) is 12.3 Å². The number of H-pyrrole nitrogens is 1. The zero-order valence-electron chi connectivity index (χ0n) is 15.7. The van der Waals surface area contributed by atoms with E-state index >= 15 is 0 Å². The summed E-state index contributed by atoms with van der Waals surface area (Å²) in [4.78, 5) is 21.2. The monoisotopic (exact) mass is 365 g/mol. The molecule has 3 saturated carbocycles. The van der Waals surface area contributed by atoms with Gasteiger partial charge >= 0.3 is 12.1 Å². The minimum atomic E-state index is -0.912. The molecule has 0 unspecified atom stereocenters. The van der Waals surface area contributed by atoms with Crippen molar-refractivity contribution in [2.75, 3.05) is 5.32 Å². The summed E-state index contributed by atoms with van der Waals surface area (Å²) in [6, 6.07) is 1.53. The van der Waals surface area contributed by atoms with Gasteiger partial charge in [0.25, 0.3) is 0 Å². The van der Waals surface area contributed by atoms with Gasteiger partial charge in [0, 0.05) is 17.1 Å². The molecule has 4 rings (SSSR count). The molecule has 146 valence electrons. The third-order valence-corrected chi connectivity index (χ3v) is 4.82. The summed E-state index contributed by atoms with van der Waals surface area (Å²) < 4.78 is 0. The number of urea groups is 1. The fraction of sp³-hybridized carbons (Fsp3) is 0.722. The molecule has 0 aliphatic heterocycles. The molecule has 0 aromatic carbocycles. The van der Waals surface area contributed by atoms with Crippen LogP contribution in [-0.2, 0) is 0 Å². The summed E-state index contributed by atoms with van der Waals surface area (Å²) in [5, 5.41) is 22.5. The van der Waals surface area contributed by atoms with E-state index in [9.17, 15) is 9.59 Å². The number of hydrogen-bond acceptors (Lipinski definition) is 3. The number of nitrogens with one attached hydrogen (secondary N) is 4. The number of carbonyl (C=O) groups excluding carboxylic acids is 1. The molecule has 0 saturated heterocycles. The van der Waals surface area contributed by atoms with Gasteiger partial charge in [0.1, 0.15) is 5.82 Å². The zero-order chi connectivity index (χ0) is 19.0. The number of aromatic amines is 1. The topological polar surface area (TPSA) is 119 Å². The number of anilines is 1. The summed E-state index contributed by atoms with van der Waals surface area (Å²) >= 11 is 0. The molecule has 3 aliphatic carbocycles. The Morgan fingerprint density at radius 3 is 1.85 bits per heavy atom. The van der Waals surface area contributed by atoms with Crippen molar-refractivity contribution in [3.63, 3.8) is 0 Å². The van der Waals surface area contributed by atoms with Crippen LogP contribution in [0.2, 0.25) is 0 Å². The quantitative estimate of drug-likeness (QED) is 0.559. The maximum absolute atomic E-state index is 11.3. The second kappa shape index (κ2) is 8.91. The third-order valence-electron chi connectivity index (χ3n) is 4.82. The van der Waals surface area contributed by atoms with Gasteiger partial charge < -0.3 is 15.7 Å². The van der Waals surface area contributed by atoms with E-state index in [1.807, 2.05) is 13.8 Å². The van der Waals surface area contributed by atoms with Crippen molar-refractivity contribution in [1.29, 1.82) is 0 Å². The van der Waals surface area contributed by atoms with Gasteiger partial charge in [0.15, 0.2) is 0 Å². The van der Waals surface area contributed by atoms with Crippen LogP contribution in [0.4, 0.5) is 15.4 Å². The molecule has 5 N–H and O–H groups in total. The molecule has 3 fully saturated rings. The van der Waals surface area contributed by atoms with Crippen LogP contribution in [0.15, 0.2) is 12.3 Å². The number of aromatic nitrogens is 2. The molecule has 8 nitrogen and oxygen atoms in total. The Bertz CT molecular complexity index is 568. The van der Waals surface area contributed by atoms with Crippen LogP contribution < -0.4 is 16.0 Å². The molecular formula is C18H31N5O3. The molecule has 26 heavy (non-hydrogen) atoms.